The minimum Gasteiger partial charge on any atom is -0.480 e. The predicted octanol–water partition coefficient (Wildman–Crippen LogP) is 2.05. The fraction of sp³-hybridized carbons (Fsp3) is 0.286. The van der Waals surface area contributed by atoms with Gasteiger partial charge in [-0.2, -0.15) is 5.10 Å². The van der Waals surface area contributed by atoms with Crippen LogP contribution in [-0.2, 0) is 4.79 Å². The van der Waals surface area contributed by atoms with Crippen molar-refractivity contribution in [2.24, 2.45) is 0 Å². The van der Waals surface area contributed by atoms with Crippen LogP contribution in [0.2, 0.25) is 0 Å². The van der Waals surface area contributed by atoms with Gasteiger partial charge in [0.05, 0.1) is 17.3 Å². The van der Waals surface area contributed by atoms with Crippen LogP contribution in [0.4, 0.5) is 0 Å². The molecule has 3 rings (SSSR count). The van der Waals surface area contributed by atoms with Gasteiger partial charge in [0.2, 0.25) is 0 Å². The molecule has 0 spiro atoms. The molecule has 2 unspecified atom stereocenters. The number of nitrogens with zero attached hydrogens (tertiary/aromatic N) is 2. The van der Waals surface area contributed by atoms with E-state index in [9.17, 15) is 4.79 Å². The maximum Gasteiger partial charge on any atom is 0.320 e. The molecule has 104 valence electrons. The van der Waals surface area contributed by atoms with Gasteiger partial charge >= 0.3 is 5.97 Å². The van der Waals surface area contributed by atoms with Gasteiger partial charge in [-0.05, 0) is 24.3 Å². The Bertz CT molecular complexity index is 599. The van der Waals surface area contributed by atoms with Gasteiger partial charge in [-0.3, -0.25) is 10.1 Å². The molecule has 1 aliphatic heterocycles. The fourth-order valence-electron chi connectivity index (χ4n) is 2.20. The molecule has 0 aliphatic carbocycles. The first kappa shape index (κ1) is 13.2. The summed E-state index contributed by atoms with van der Waals surface area (Å²) < 4.78 is 1.81. The summed E-state index contributed by atoms with van der Waals surface area (Å²) in [5.74, 6) is 0.0521. The predicted molar refractivity (Wildman–Crippen MR) is 77.9 cm³/mol. The summed E-state index contributed by atoms with van der Waals surface area (Å²) in [6.07, 6.45) is 4.40. The maximum absolute atomic E-state index is 11.1. The third-order valence-electron chi connectivity index (χ3n) is 3.27. The molecule has 0 bridgehead atoms. The van der Waals surface area contributed by atoms with Crippen molar-refractivity contribution in [1.82, 2.24) is 15.1 Å². The highest BCUT2D eigenvalue weighted by Crippen LogP contribution is 2.31. The number of carboxylic acid groups (broad SMARTS) is 1. The Morgan fingerprint density at radius 3 is 2.95 bits per heavy atom. The molecule has 5 nitrogen and oxygen atoms in total. The molecule has 2 heterocycles. The Morgan fingerprint density at radius 2 is 2.20 bits per heavy atom. The number of hydrogen-bond donors (Lipinski definition) is 2. The third-order valence-corrected chi connectivity index (χ3v) is 4.48. The zero-order chi connectivity index (χ0) is 13.9. The van der Waals surface area contributed by atoms with E-state index in [1.54, 1.807) is 18.0 Å². The van der Waals surface area contributed by atoms with E-state index in [0.717, 1.165) is 17.0 Å². The topological polar surface area (TPSA) is 67.1 Å². The molecular weight excluding hydrogens is 274 g/mol. The van der Waals surface area contributed by atoms with E-state index in [2.05, 4.69) is 10.4 Å². The molecule has 1 aromatic heterocycles. The van der Waals surface area contributed by atoms with E-state index in [1.165, 1.54) is 0 Å². The lowest BCUT2D eigenvalue weighted by Gasteiger charge is -2.27. The maximum atomic E-state index is 11.1. The van der Waals surface area contributed by atoms with Crippen molar-refractivity contribution in [2.45, 2.75) is 17.8 Å². The standard InChI is InChI=1S/C14H15N3O2S/c18-14(19)12-6-7-20-13(16-12)10-8-15-17(9-10)11-4-2-1-3-5-11/h1-5,8-9,12-13,16H,6-7H2,(H,18,19). The molecule has 0 saturated carbocycles. The van der Waals surface area contributed by atoms with Crippen LogP contribution in [0.15, 0.2) is 42.7 Å². The Balaban J connectivity index is 1.78. The second kappa shape index (κ2) is 5.68. The van der Waals surface area contributed by atoms with E-state index in [-0.39, 0.29) is 5.37 Å². The molecule has 20 heavy (non-hydrogen) atoms. The molecule has 1 saturated heterocycles. The van der Waals surface area contributed by atoms with Crippen LogP contribution in [0.5, 0.6) is 0 Å². The Labute approximate surface area is 121 Å². The quantitative estimate of drug-likeness (QED) is 0.905. The average molecular weight is 289 g/mol. The zero-order valence-corrected chi connectivity index (χ0v) is 11.6. The molecular formula is C14H15N3O2S. The molecule has 6 heteroatoms. The van der Waals surface area contributed by atoms with Gasteiger partial charge in [0, 0.05) is 11.8 Å². The number of carbonyl (C=O) groups is 1. The van der Waals surface area contributed by atoms with Gasteiger partial charge in [-0.15, -0.1) is 11.8 Å². The van der Waals surface area contributed by atoms with Crippen molar-refractivity contribution in [1.29, 1.82) is 0 Å². The normalized spacial score (nSPS) is 22.6. The van der Waals surface area contributed by atoms with Crippen molar-refractivity contribution < 1.29 is 9.90 Å². The van der Waals surface area contributed by atoms with Crippen molar-refractivity contribution in [3.8, 4) is 5.69 Å². The summed E-state index contributed by atoms with van der Waals surface area (Å²) >= 11 is 1.72. The van der Waals surface area contributed by atoms with Gasteiger partial charge < -0.3 is 5.11 Å². The summed E-state index contributed by atoms with van der Waals surface area (Å²) in [5.41, 5.74) is 2.00. The first-order chi connectivity index (χ1) is 9.74. The van der Waals surface area contributed by atoms with E-state index >= 15 is 0 Å². The molecule has 2 aromatic rings. The second-order valence-corrected chi connectivity index (χ2v) is 5.86. The van der Waals surface area contributed by atoms with E-state index < -0.39 is 12.0 Å². The van der Waals surface area contributed by atoms with Crippen LogP contribution in [-0.4, -0.2) is 32.7 Å². The number of hydrogen-bond acceptors (Lipinski definition) is 4. The SMILES string of the molecule is O=C(O)C1CCSC(c2cnn(-c3ccccc3)c2)N1. The van der Waals surface area contributed by atoms with Crippen LogP contribution < -0.4 is 5.32 Å². The first-order valence-corrected chi connectivity index (χ1v) is 7.49. The van der Waals surface area contributed by atoms with Crippen molar-refractivity contribution >= 4 is 17.7 Å². The Morgan fingerprint density at radius 1 is 1.40 bits per heavy atom. The van der Waals surface area contributed by atoms with E-state index in [4.69, 9.17) is 5.11 Å². The molecule has 2 N–H and O–H groups in total. The fourth-order valence-corrected chi connectivity index (χ4v) is 3.38. The van der Waals surface area contributed by atoms with E-state index in [1.807, 2.05) is 41.2 Å². The van der Waals surface area contributed by atoms with Crippen LogP contribution >= 0.6 is 11.8 Å². The average Bonchev–Trinajstić information content (AvgIpc) is 2.98. The number of aromatic nitrogens is 2. The summed E-state index contributed by atoms with van der Waals surface area (Å²) in [4.78, 5) is 11.1. The summed E-state index contributed by atoms with van der Waals surface area (Å²) in [5, 5.41) is 16.6. The lowest BCUT2D eigenvalue weighted by atomic mass is 10.2. The highest BCUT2D eigenvalue weighted by molar-refractivity contribution is 7.99. The monoisotopic (exact) mass is 289 g/mol. The second-order valence-electron chi connectivity index (χ2n) is 4.65. The number of rotatable bonds is 3. The van der Waals surface area contributed by atoms with E-state index in [0.29, 0.717) is 6.42 Å². The number of aliphatic carboxylic acids is 1. The number of thioether (sulfide) groups is 1. The third kappa shape index (κ3) is 2.71. The van der Waals surface area contributed by atoms with Crippen LogP contribution in [0.1, 0.15) is 17.4 Å². The van der Waals surface area contributed by atoms with Crippen molar-refractivity contribution in [3.05, 3.63) is 48.3 Å². The molecule has 1 fully saturated rings. The highest BCUT2D eigenvalue weighted by atomic mass is 32.2. The minimum absolute atomic E-state index is 0.0117. The van der Waals surface area contributed by atoms with Crippen LogP contribution in [0.25, 0.3) is 5.69 Å². The van der Waals surface area contributed by atoms with Gasteiger partial charge in [0.1, 0.15) is 6.04 Å². The molecule has 0 amide bonds. The largest absolute Gasteiger partial charge is 0.480 e. The molecule has 1 aromatic carbocycles. The smallest absolute Gasteiger partial charge is 0.320 e. The summed E-state index contributed by atoms with van der Waals surface area (Å²) in [6.45, 7) is 0. The minimum atomic E-state index is -0.786. The Kier molecular flexibility index (Phi) is 3.75. The van der Waals surface area contributed by atoms with Gasteiger partial charge in [-0.1, -0.05) is 18.2 Å². The lowest BCUT2D eigenvalue weighted by Crippen LogP contribution is -2.41. The zero-order valence-electron chi connectivity index (χ0n) is 10.8. The molecule has 2 atom stereocenters. The number of para-hydroxylation sites is 1. The number of carboxylic acids is 1. The summed E-state index contributed by atoms with van der Waals surface area (Å²) in [7, 11) is 0. The van der Waals surface area contributed by atoms with Gasteiger partial charge in [0.25, 0.3) is 0 Å². The van der Waals surface area contributed by atoms with Gasteiger partial charge in [0.15, 0.2) is 0 Å². The number of benzene rings is 1. The van der Waals surface area contributed by atoms with Crippen LogP contribution in [0.3, 0.4) is 0 Å². The highest BCUT2D eigenvalue weighted by Gasteiger charge is 2.28. The summed E-state index contributed by atoms with van der Waals surface area (Å²) in [6, 6.07) is 9.39. The van der Waals surface area contributed by atoms with Gasteiger partial charge in [-0.25, -0.2) is 4.68 Å². The first-order valence-electron chi connectivity index (χ1n) is 6.44. The molecule has 0 radical (unpaired) electrons. The Hall–Kier alpha value is -1.79. The van der Waals surface area contributed by atoms with Crippen LogP contribution in [0, 0.1) is 0 Å². The van der Waals surface area contributed by atoms with Crippen molar-refractivity contribution in [3.63, 3.8) is 0 Å². The molecule has 1 aliphatic rings. The van der Waals surface area contributed by atoms with Crippen molar-refractivity contribution in [2.75, 3.05) is 5.75 Å². The number of nitrogens with one attached hydrogen (secondary N) is 1. The lowest BCUT2D eigenvalue weighted by molar-refractivity contribution is -0.139.